The van der Waals surface area contributed by atoms with Crippen LogP contribution < -0.4 is 4.74 Å². The summed E-state index contributed by atoms with van der Waals surface area (Å²) in [5.41, 5.74) is -6.04. The van der Waals surface area contributed by atoms with Gasteiger partial charge in [0.15, 0.2) is 6.61 Å². The zero-order valence-corrected chi connectivity index (χ0v) is 12.8. The Labute approximate surface area is 145 Å². The average Bonchev–Trinajstić information content (AvgIpc) is 2.94. The van der Waals surface area contributed by atoms with Crippen molar-refractivity contribution in [2.75, 3.05) is 6.61 Å². The van der Waals surface area contributed by atoms with Crippen LogP contribution in [0.3, 0.4) is 0 Å². The third-order valence-corrected chi connectivity index (χ3v) is 3.18. The second-order valence-corrected chi connectivity index (χ2v) is 4.99. The Kier molecular flexibility index (Phi) is 5.09. The van der Waals surface area contributed by atoms with E-state index in [0.717, 1.165) is 0 Å². The van der Waals surface area contributed by atoms with E-state index in [-0.39, 0.29) is 29.1 Å². The number of hydrogen-bond donors (Lipinski definition) is 0. The van der Waals surface area contributed by atoms with Gasteiger partial charge in [0.25, 0.3) is 0 Å². The Balaban J connectivity index is 2.80. The van der Waals surface area contributed by atoms with Gasteiger partial charge in [0.1, 0.15) is 5.56 Å². The van der Waals surface area contributed by atoms with Gasteiger partial charge in [0.2, 0.25) is 5.88 Å². The van der Waals surface area contributed by atoms with Crippen molar-refractivity contribution in [3.63, 3.8) is 0 Å². The standard InChI is InChI=1S/C15H7F9N2O/c1-2-5-27-12-10(15(22,23)24)7-25-26(12)11-6-8(13(16,17)18)3-4-9(11)14(19,20)21/h1,3-4,6-7H,5H2. The quantitative estimate of drug-likeness (QED) is 0.537. The van der Waals surface area contributed by atoms with Crippen LogP contribution in [-0.4, -0.2) is 16.4 Å². The molecular weight excluding hydrogens is 395 g/mol. The summed E-state index contributed by atoms with van der Waals surface area (Å²) in [6.45, 7) is -0.783. The van der Waals surface area contributed by atoms with Gasteiger partial charge in [-0.05, 0) is 18.2 Å². The third-order valence-electron chi connectivity index (χ3n) is 3.18. The molecule has 0 aliphatic rings. The molecule has 0 unspecified atom stereocenters. The van der Waals surface area contributed by atoms with Crippen LogP contribution in [0.15, 0.2) is 24.4 Å². The van der Waals surface area contributed by atoms with Gasteiger partial charge in [-0.15, -0.1) is 6.42 Å². The molecular formula is C15H7F9N2O. The number of alkyl halides is 9. The lowest BCUT2D eigenvalue weighted by Gasteiger charge is -2.17. The van der Waals surface area contributed by atoms with Gasteiger partial charge >= 0.3 is 18.5 Å². The van der Waals surface area contributed by atoms with E-state index in [4.69, 9.17) is 6.42 Å². The van der Waals surface area contributed by atoms with Crippen LogP contribution in [0.1, 0.15) is 16.7 Å². The fourth-order valence-corrected chi connectivity index (χ4v) is 2.08. The molecule has 12 heteroatoms. The molecule has 0 saturated heterocycles. The van der Waals surface area contributed by atoms with Crippen LogP contribution in [-0.2, 0) is 18.5 Å². The topological polar surface area (TPSA) is 27.1 Å². The Bertz CT molecular complexity index is 869. The number of ether oxygens (including phenoxy) is 1. The van der Waals surface area contributed by atoms with Crippen molar-refractivity contribution in [2.24, 2.45) is 0 Å². The minimum atomic E-state index is -5.17. The number of aromatic nitrogens is 2. The summed E-state index contributed by atoms with van der Waals surface area (Å²) in [5, 5.41) is 3.14. The zero-order valence-electron chi connectivity index (χ0n) is 12.8. The molecule has 0 bridgehead atoms. The lowest BCUT2D eigenvalue weighted by Crippen LogP contribution is -2.16. The number of terminal acetylenes is 1. The fourth-order valence-electron chi connectivity index (χ4n) is 2.08. The van der Waals surface area contributed by atoms with Crippen molar-refractivity contribution in [3.05, 3.63) is 41.1 Å². The van der Waals surface area contributed by atoms with Crippen molar-refractivity contribution < 1.29 is 44.3 Å². The van der Waals surface area contributed by atoms with Gasteiger partial charge in [-0.25, -0.2) is 0 Å². The molecule has 0 saturated carbocycles. The SMILES string of the molecule is C#CCOc1c(C(F)(F)F)cnn1-c1cc(C(F)(F)F)ccc1C(F)(F)F. The minimum absolute atomic E-state index is 0.0156. The van der Waals surface area contributed by atoms with Crippen LogP contribution in [0, 0.1) is 12.3 Å². The molecule has 0 spiro atoms. The van der Waals surface area contributed by atoms with E-state index in [1.165, 1.54) is 0 Å². The average molecular weight is 402 g/mol. The first-order chi connectivity index (χ1) is 12.3. The first-order valence-corrected chi connectivity index (χ1v) is 6.77. The van der Waals surface area contributed by atoms with E-state index in [1.54, 1.807) is 0 Å². The lowest BCUT2D eigenvalue weighted by atomic mass is 10.1. The molecule has 1 heterocycles. The summed E-state index contributed by atoms with van der Waals surface area (Å²) in [6, 6.07) is 0.277. The predicted octanol–water partition coefficient (Wildman–Crippen LogP) is 4.94. The summed E-state index contributed by atoms with van der Waals surface area (Å²) < 4.78 is 122. The predicted molar refractivity (Wildman–Crippen MR) is 72.9 cm³/mol. The third kappa shape index (κ3) is 4.29. The number of halogens is 9. The molecule has 0 N–H and O–H groups in total. The highest BCUT2D eigenvalue weighted by Gasteiger charge is 2.41. The van der Waals surface area contributed by atoms with E-state index < -0.39 is 53.4 Å². The van der Waals surface area contributed by atoms with Gasteiger partial charge in [0, 0.05) is 0 Å². The molecule has 146 valence electrons. The van der Waals surface area contributed by atoms with Crippen LogP contribution in [0.4, 0.5) is 39.5 Å². The molecule has 2 aromatic rings. The number of benzene rings is 1. The van der Waals surface area contributed by atoms with Crippen molar-refractivity contribution in [1.29, 1.82) is 0 Å². The Morgan fingerprint density at radius 2 is 1.52 bits per heavy atom. The van der Waals surface area contributed by atoms with Gasteiger partial charge in [0.05, 0.1) is 23.0 Å². The van der Waals surface area contributed by atoms with Crippen LogP contribution in [0.25, 0.3) is 5.69 Å². The molecule has 27 heavy (non-hydrogen) atoms. The highest BCUT2D eigenvalue weighted by Crippen LogP contribution is 2.42. The van der Waals surface area contributed by atoms with Crippen molar-refractivity contribution >= 4 is 0 Å². The molecule has 1 aromatic heterocycles. The summed E-state index contributed by atoms with van der Waals surface area (Å²) >= 11 is 0. The fraction of sp³-hybridized carbons (Fsp3) is 0.267. The zero-order chi connectivity index (χ0) is 20.6. The maximum absolute atomic E-state index is 13.2. The molecule has 3 nitrogen and oxygen atoms in total. The number of rotatable bonds is 3. The molecule has 0 amide bonds. The number of hydrogen-bond acceptors (Lipinski definition) is 2. The van der Waals surface area contributed by atoms with Crippen molar-refractivity contribution in [2.45, 2.75) is 18.5 Å². The maximum Gasteiger partial charge on any atom is 0.423 e. The second kappa shape index (κ2) is 6.71. The monoisotopic (exact) mass is 402 g/mol. The van der Waals surface area contributed by atoms with E-state index in [0.29, 0.717) is 0 Å². The maximum atomic E-state index is 13.2. The first-order valence-electron chi connectivity index (χ1n) is 6.77. The van der Waals surface area contributed by atoms with E-state index in [9.17, 15) is 39.5 Å². The smallest absolute Gasteiger partial charge is 0.423 e. The Hall–Kier alpha value is -2.84. The molecule has 2 rings (SSSR count). The van der Waals surface area contributed by atoms with Crippen LogP contribution in [0.5, 0.6) is 5.88 Å². The van der Waals surface area contributed by atoms with E-state index >= 15 is 0 Å². The number of nitrogens with zero attached hydrogens (tertiary/aromatic N) is 2. The highest BCUT2D eigenvalue weighted by molar-refractivity contribution is 5.49. The minimum Gasteiger partial charge on any atom is -0.464 e. The molecule has 0 aliphatic heterocycles. The normalized spacial score (nSPS) is 12.7. The van der Waals surface area contributed by atoms with Crippen molar-refractivity contribution in [3.8, 4) is 23.9 Å². The highest BCUT2D eigenvalue weighted by atomic mass is 19.4. The van der Waals surface area contributed by atoms with E-state index in [2.05, 4.69) is 9.84 Å². The molecule has 0 atom stereocenters. The van der Waals surface area contributed by atoms with Crippen LogP contribution >= 0.6 is 0 Å². The summed E-state index contributed by atoms with van der Waals surface area (Å²) in [7, 11) is 0. The summed E-state index contributed by atoms with van der Waals surface area (Å²) in [6.07, 6.45) is -10.3. The van der Waals surface area contributed by atoms with Gasteiger partial charge in [-0.2, -0.15) is 49.3 Å². The van der Waals surface area contributed by atoms with Crippen LogP contribution in [0.2, 0.25) is 0 Å². The molecule has 0 radical (unpaired) electrons. The van der Waals surface area contributed by atoms with Gasteiger partial charge in [-0.1, -0.05) is 5.92 Å². The largest absolute Gasteiger partial charge is 0.464 e. The first kappa shape index (κ1) is 20.5. The van der Waals surface area contributed by atoms with Crippen molar-refractivity contribution in [1.82, 2.24) is 9.78 Å². The van der Waals surface area contributed by atoms with E-state index in [1.807, 2.05) is 5.92 Å². The summed E-state index contributed by atoms with van der Waals surface area (Å²) in [5.74, 6) is 0.552. The Morgan fingerprint density at radius 3 is 2.00 bits per heavy atom. The Morgan fingerprint density at radius 1 is 0.926 bits per heavy atom. The van der Waals surface area contributed by atoms with Gasteiger partial charge < -0.3 is 4.74 Å². The lowest BCUT2D eigenvalue weighted by molar-refractivity contribution is -0.141. The second-order valence-electron chi connectivity index (χ2n) is 4.99. The van der Waals surface area contributed by atoms with Gasteiger partial charge in [-0.3, -0.25) is 0 Å². The molecule has 1 aromatic carbocycles. The summed E-state index contributed by atoms with van der Waals surface area (Å²) in [4.78, 5) is 0. The molecule has 0 aliphatic carbocycles. The molecule has 0 fully saturated rings.